The summed E-state index contributed by atoms with van der Waals surface area (Å²) in [6.45, 7) is 4.09. The van der Waals surface area contributed by atoms with Crippen LogP contribution in [0, 0.1) is 5.82 Å². The zero-order chi connectivity index (χ0) is 17.5. The molecule has 2 aromatic carbocycles. The summed E-state index contributed by atoms with van der Waals surface area (Å²) in [4.78, 5) is 14.3. The molecule has 0 spiro atoms. The first-order valence-electron chi connectivity index (χ1n) is 7.66. The molecule has 0 aliphatic carbocycles. The normalized spacial score (nSPS) is 15.3. The van der Waals surface area contributed by atoms with Crippen molar-refractivity contribution in [3.8, 4) is 0 Å². The van der Waals surface area contributed by atoms with Crippen LogP contribution in [-0.4, -0.2) is 18.5 Å². The highest BCUT2D eigenvalue weighted by Gasteiger charge is 2.36. The number of benzene rings is 2. The van der Waals surface area contributed by atoms with E-state index in [4.69, 9.17) is 0 Å². The Balaban J connectivity index is 2.03. The van der Waals surface area contributed by atoms with Gasteiger partial charge in [0.1, 0.15) is 5.54 Å². The van der Waals surface area contributed by atoms with E-state index in [1.165, 1.54) is 0 Å². The number of anilines is 3. The van der Waals surface area contributed by atoms with E-state index >= 15 is 0 Å². The lowest BCUT2D eigenvalue weighted by atomic mass is 9.99. The topological polar surface area (TPSA) is 44.4 Å². The molecule has 0 atom stereocenters. The van der Waals surface area contributed by atoms with E-state index in [2.05, 4.69) is 26.6 Å². The summed E-state index contributed by atoms with van der Waals surface area (Å²) in [7, 11) is 1.92. The summed E-state index contributed by atoms with van der Waals surface area (Å²) in [5.41, 5.74) is 1.79. The molecule has 1 aliphatic heterocycles. The zero-order valence-electron chi connectivity index (χ0n) is 13.8. The third-order valence-corrected chi connectivity index (χ3v) is 4.69. The van der Waals surface area contributed by atoms with E-state index in [9.17, 15) is 9.18 Å². The average Bonchev–Trinajstić information content (AvgIpc) is 2.53. The molecule has 2 N–H and O–H groups in total. The van der Waals surface area contributed by atoms with Crippen molar-refractivity contribution in [2.24, 2.45) is 0 Å². The fraction of sp³-hybridized carbons (Fsp3) is 0.278. The van der Waals surface area contributed by atoms with E-state index < -0.39 is 11.4 Å². The first-order chi connectivity index (χ1) is 11.3. The van der Waals surface area contributed by atoms with Gasteiger partial charge in [0.15, 0.2) is 5.82 Å². The Kier molecular flexibility index (Phi) is 4.25. The summed E-state index contributed by atoms with van der Waals surface area (Å²) >= 11 is 3.28. The molecular weight excluding hydrogens is 373 g/mol. The minimum Gasteiger partial charge on any atom is -0.368 e. The van der Waals surface area contributed by atoms with Gasteiger partial charge in [0.2, 0.25) is 5.91 Å². The van der Waals surface area contributed by atoms with Crippen molar-refractivity contribution in [2.75, 3.05) is 22.6 Å². The van der Waals surface area contributed by atoms with Gasteiger partial charge in [-0.05, 0) is 41.4 Å². The molecule has 0 radical (unpaired) electrons. The van der Waals surface area contributed by atoms with Gasteiger partial charge in [-0.25, -0.2) is 4.39 Å². The van der Waals surface area contributed by atoms with Gasteiger partial charge in [0, 0.05) is 13.6 Å². The molecule has 2 aromatic rings. The number of halogens is 2. The van der Waals surface area contributed by atoms with E-state index in [1.54, 1.807) is 19.9 Å². The Morgan fingerprint density at radius 2 is 1.88 bits per heavy atom. The summed E-state index contributed by atoms with van der Waals surface area (Å²) in [6.07, 6.45) is 0. The minimum absolute atomic E-state index is 0.189. The second-order valence-corrected chi connectivity index (χ2v) is 7.34. The van der Waals surface area contributed by atoms with E-state index in [0.717, 1.165) is 11.3 Å². The summed E-state index contributed by atoms with van der Waals surface area (Å²) in [6, 6.07) is 11.7. The Morgan fingerprint density at radius 1 is 1.21 bits per heavy atom. The van der Waals surface area contributed by atoms with Crippen molar-refractivity contribution in [1.29, 1.82) is 0 Å². The van der Waals surface area contributed by atoms with Crippen LogP contribution in [0.25, 0.3) is 0 Å². The number of hydrogen-bond donors (Lipinski definition) is 2. The average molecular weight is 392 g/mol. The quantitative estimate of drug-likeness (QED) is 0.816. The lowest BCUT2D eigenvalue weighted by Crippen LogP contribution is -2.48. The maximum Gasteiger partial charge on any atom is 0.249 e. The van der Waals surface area contributed by atoms with Gasteiger partial charge in [0.25, 0.3) is 0 Å². The van der Waals surface area contributed by atoms with E-state index in [1.807, 2.05) is 42.3 Å². The van der Waals surface area contributed by atoms with Crippen LogP contribution in [0.4, 0.5) is 21.5 Å². The van der Waals surface area contributed by atoms with Crippen LogP contribution < -0.4 is 15.5 Å². The fourth-order valence-corrected chi connectivity index (χ4v) is 3.15. The zero-order valence-corrected chi connectivity index (χ0v) is 15.4. The molecule has 4 nitrogen and oxygen atoms in total. The number of fused-ring (bicyclic) bond motifs is 1. The third kappa shape index (κ3) is 2.98. The fourth-order valence-electron chi connectivity index (χ4n) is 2.74. The molecular formula is C18H19BrFN3O. The summed E-state index contributed by atoms with van der Waals surface area (Å²) in [5.74, 6) is -0.596. The van der Waals surface area contributed by atoms with Gasteiger partial charge in [0.05, 0.1) is 21.5 Å². The van der Waals surface area contributed by atoms with Crippen LogP contribution in [0.5, 0.6) is 0 Å². The molecule has 0 unspecified atom stereocenters. The van der Waals surface area contributed by atoms with Crippen LogP contribution in [0.15, 0.2) is 40.9 Å². The molecule has 0 saturated heterocycles. The van der Waals surface area contributed by atoms with Gasteiger partial charge in [-0.1, -0.05) is 30.3 Å². The molecule has 0 bridgehead atoms. The van der Waals surface area contributed by atoms with Gasteiger partial charge in [-0.2, -0.15) is 0 Å². The maximum atomic E-state index is 14.5. The number of hydrogen-bond acceptors (Lipinski definition) is 3. The predicted octanol–water partition coefficient (Wildman–Crippen LogP) is 4.37. The molecule has 1 heterocycles. The summed E-state index contributed by atoms with van der Waals surface area (Å²) < 4.78 is 14.9. The number of amides is 1. The Hall–Kier alpha value is -2.08. The first-order valence-corrected chi connectivity index (χ1v) is 8.45. The molecule has 3 rings (SSSR count). The maximum absolute atomic E-state index is 14.5. The van der Waals surface area contributed by atoms with Crippen LogP contribution >= 0.6 is 15.9 Å². The van der Waals surface area contributed by atoms with Crippen molar-refractivity contribution in [1.82, 2.24) is 0 Å². The molecule has 126 valence electrons. The van der Waals surface area contributed by atoms with Gasteiger partial charge in [-0.15, -0.1) is 0 Å². The lowest BCUT2D eigenvalue weighted by molar-refractivity contribution is -0.119. The minimum atomic E-state index is -0.871. The second kappa shape index (κ2) is 6.09. The molecule has 0 saturated carbocycles. The van der Waals surface area contributed by atoms with Gasteiger partial charge < -0.3 is 15.5 Å². The van der Waals surface area contributed by atoms with Crippen LogP contribution in [0.2, 0.25) is 0 Å². The number of carbonyl (C=O) groups is 1. The Morgan fingerprint density at radius 3 is 2.54 bits per heavy atom. The number of nitrogens with zero attached hydrogens (tertiary/aromatic N) is 1. The highest BCUT2D eigenvalue weighted by Crippen LogP contribution is 2.43. The summed E-state index contributed by atoms with van der Waals surface area (Å²) in [5, 5.41) is 5.86. The van der Waals surface area contributed by atoms with Crippen LogP contribution in [0.1, 0.15) is 19.4 Å². The van der Waals surface area contributed by atoms with Crippen LogP contribution in [-0.2, 0) is 11.3 Å². The van der Waals surface area contributed by atoms with Crippen molar-refractivity contribution in [3.05, 3.63) is 52.3 Å². The smallest absolute Gasteiger partial charge is 0.249 e. The monoisotopic (exact) mass is 391 g/mol. The lowest BCUT2D eigenvalue weighted by Gasteiger charge is -2.36. The third-order valence-electron chi connectivity index (χ3n) is 4.12. The number of rotatable bonds is 3. The Labute approximate surface area is 149 Å². The molecule has 6 heteroatoms. The van der Waals surface area contributed by atoms with Crippen molar-refractivity contribution < 1.29 is 9.18 Å². The van der Waals surface area contributed by atoms with Crippen molar-refractivity contribution >= 4 is 38.9 Å². The standard InChI is InChI=1S/C18H19BrFN3O/c1-18(2)17(24)21-15-13(9-12(19)14(20)16(15)22-18)23(3)10-11-7-5-4-6-8-11/h4-9,22H,10H2,1-3H3,(H,21,24). The first kappa shape index (κ1) is 16.8. The van der Waals surface area contributed by atoms with Crippen LogP contribution in [0.3, 0.4) is 0 Å². The molecule has 1 aliphatic rings. The van der Waals surface area contributed by atoms with E-state index in [-0.39, 0.29) is 5.91 Å². The van der Waals surface area contributed by atoms with E-state index in [0.29, 0.717) is 22.4 Å². The molecule has 1 amide bonds. The number of nitrogens with one attached hydrogen (secondary N) is 2. The van der Waals surface area contributed by atoms with Crippen molar-refractivity contribution in [2.45, 2.75) is 25.9 Å². The van der Waals surface area contributed by atoms with Gasteiger partial charge in [-0.3, -0.25) is 4.79 Å². The Bertz CT molecular complexity index is 793. The highest BCUT2D eigenvalue weighted by atomic mass is 79.9. The molecule has 0 aromatic heterocycles. The molecule has 0 fully saturated rings. The largest absolute Gasteiger partial charge is 0.368 e. The second-order valence-electron chi connectivity index (χ2n) is 6.49. The highest BCUT2D eigenvalue weighted by molar-refractivity contribution is 9.10. The predicted molar refractivity (Wildman–Crippen MR) is 99.0 cm³/mol. The molecule has 24 heavy (non-hydrogen) atoms. The van der Waals surface area contributed by atoms with Crippen molar-refractivity contribution in [3.63, 3.8) is 0 Å². The SMILES string of the molecule is CN(Cc1ccccc1)c1cc(Br)c(F)c2c1NC(=O)C(C)(C)N2. The number of carbonyl (C=O) groups excluding carboxylic acids is 1. The van der Waals surface area contributed by atoms with Gasteiger partial charge >= 0.3 is 0 Å².